The molecule has 59 heavy (non-hydrogen) atoms. The zero-order valence-corrected chi connectivity index (χ0v) is 33.9. The number of benzene rings is 9. The van der Waals surface area contributed by atoms with E-state index in [1.165, 1.54) is 48.5 Å². The topological polar surface area (TPSA) is 26.9 Å². The smallest absolute Gasteiger partial charge is 0.171 e. The van der Waals surface area contributed by atoms with Crippen LogP contribution in [0, 0.1) is 0 Å². The van der Waals surface area contributed by atoms with E-state index in [4.69, 9.17) is 0 Å². The molecule has 0 saturated heterocycles. The van der Waals surface area contributed by atoms with Crippen molar-refractivity contribution >= 4 is 90.5 Å². The Kier molecular flexibility index (Phi) is 8.74. The molecule has 2 heterocycles. The molecule has 0 unspecified atom stereocenters. The SMILES string of the molecule is O=P(c1ccccc1)(c1ccccc1)c1ccc(-n2c3ccccc3c3c2ccc2c4ccccc4n(-c4ccc(P(c5ccccc5)c5ccccc5)cc4)c23)cc1. The van der Waals surface area contributed by atoms with E-state index in [9.17, 15) is 0 Å². The highest BCUT2D eigenvalue weighted by atomic mass is 31.2. The average molecular weight is 793 g/mol. The number of nitrogens with zero attached hydrogens (tertiary/aromatic N) is 2. The molecule has 280 valence electrons. The van der Waals surface area contributed by atoms with Crippen molar-refractivity contribution in [3.63, 3.8) is 0 Å². The van der Waals surface area contributed by atoms with Crippen LogP contribution in [0.3, 0.4) is 0 Å². The van der Waals surface area contributed by atoms with Crippen LogP contribution < -0.4 is 31.8 Å². The fourth-order valence-electron chi connectivity index (χ4n) is 8.94. The van der Waals surface area contributed by atoms with Gasteiger partial charge in [-0.25, -0.2) is 0 Å². The second kappa shape index (κ2) is 14.6. The number of hydrogen-bond acceptors (Lipinski definition) is 1. The Morgan fingerprint density at radius 2 is 0.746 bits per heavy atom. The lowest BCUT2D eigenvalue weighted by Gasteiger charge is -2.20. The van der Waals surface area contributed by atoms with Crippen LogP contribution in [0.2, 0.25) is 0 Å². The summed E-state index contributed by atoms with van der Waals surface area (Å²) in [7, 11) is -3.84. The van der Waals surface area contributed by atoms with E-state index in [1.54, 1.807) is 0 Å². The Morgan fingerprint density at radius 1 is 0.322 bits per heavy atom. The van der Waals surface area contributed by atoms with Crippen LogP contribution in [0.25, 0.3) is 55.0 Å². The van der Waals surface area contributed by atoms with Crippen LogP contribution in [0.15, 0.2) is 231 Å². The predicted molar refractivity (Wildman–Crippen MR) is 253 cm³/mol. The first-order valence-corrected chi connectivity index (χ1v) is 23.0. The summed E-state index contributed by atoms with van der Waals surface area (Å²) >= 11 is 0. The predicted octanol–water partition coefficient (Wildman–Crippen LogP) is 11.3. The molecule has 0 saturated carbocycles. The maximum atomic E-state index is 15.2. The number of para-hydroxylation sites is 2. The van der Waals surface area contributed by atoms with E-state index in [2.05, 4.69) is 179 Å². The summed E-state index contributed by atoms with van der Waals surface area (Å²) in [6.07, 6.45) is 0. The monoisotopic (exact) mass is 792 g/mol. The third kappa shape index (κ3) is 5.81. The van der Waals surface area contributed by atoms with E-state index in [0.29, 0.717) is 0 Å². The van der Waals surface area contributed by atoms with E-state index in [-0.39, 0.29) is 0 Å². The van der Waals surface area contributed by atoms with Crippen molar-refractivity contribution in [2.24, 2.45) is 0 Å². The molecular weight excluding hydrogens is 755 g/mol. The first-order valence-electron chi connectivity index (χ1n) is 20.0. The second-order valence-corrected chi connectivity index (χ2v) is 19.9. The second-order valence-electron chi connectivity index (χ2n) is 14.9. The third-order valence-electron chi connectivity index (χ3n) is 11.6. The summed E-state index contributed by atoms with van der Waals surface area (Å²) in [6.45, 7) is 0. The van der Waals surface area contributed by atoms with E-state index in [0.717, 1.165) is 38.3 Å². The van der Waals surface area contributed by atoms with Crippen molar-refractivity contribution in [1.82, 2.24) is 9.13 Å². The summed E-state index contributed by atoms with van der Waals surface area (Å²) in [5, 5.41) is 11.3. The zero-order chi connectivity index (χ0) is 39.3. The Bertz CT molecular complexity index is 3240. The molecule has 11 aromatic rings. The van der Waals surface area contributed by atoms with Crippen LogP contribution in [0.1, 0.15) is 0 Å². The van der Waals surface area contributed by atoms with E-state index in [1.807, 2.05) is 60.7 Å². The van der Waals surface area contributed by atoms with Gasteiger partial charge in [0, 0.05) is 48.8 Å². The molecule has 0 aliphatic rings. The molecule has 9 aromatic carbocycles. The van der Waals surface area contributed by atoms with Gasteiger partial charge in [0.05, 0.1) is 22.1 Å². The van der Waals surface area contributed by atoms with Crippen LogP contribution in [0.5, 0.6) is 0 Å². The molecule has 5 heteroatoms. The summed E-state index contributed by atoms with van der Waals surface area (Å²) in [5.74, 6) is 0. The van der Waals surface area contributed by atoms with Gasteiger partial charge in [-0.3, -0.25) is 0 Å². The van der Waals surface area contributed by atoms with Gasteiger partial charge in [0.2, 0.25) is 0 Å². The van der Waals surface area contributed by atoms with Gasteiger partial charge in [-0.2, -0.15) is 0 Å². The van der Waals surface area contributed by atoms with Crippen molar-refractivity contribution in [3.8, 4) is 11.4 Å². The third-order valence-corrected chi connectivity index (χ3v) is 17.1. The molecule has 3 nitrogen and oxygen atoms in total. The fraction of sp³-hybridized carbons (Fsp3) is 0. The van der Waals surface area contributed by atoms with Gasteiger partial charge >= 0.3 is 0 Å². The Hall–Kier alpha value is -6.76. The van der Waals surface area contributed by atoms with Gasteiger partial charge in [0.1, 0.15) is 0 Å². The van der Waals surface area contributed by atoms with Crippen LogP contribution in [-0.2, 0) is 4.57 Å². The standard InChI is InChI=1S/C54H38N2OP2/c57-59(44-21-9-3-10-22-44,45-23-11-4-12-24-45)46-35-31-39(32-36-46)55-51-28-16-14-26-49(51)53-52(55)38-37-48-47-25-13-15-27-50(47)56(54(48)53)40-29-33-43(34-30-40)58(41-17-5-1-6-18-41)42-19-7-2-8-20-42/h1-38H. The molecule has 0 fully saturated rings. The highest BCUT2D eigenvalue weighted by molar-refractivity contribution is 7.85. The van der Waals surface area contributed by atoms with Crippen molar-refractivity contribution < 1.29 is 4.57 Å². The Morgan fingerprint density at radius 3 is 1.32 bits per heavy atom. The Labute approximate surface area is 344 Å². The molecule has 0 radical (unpaired) electrons. The average Bonchev–Trinajstić information content (AvgIpc) is 3.83. The summed E-state index contributed by atoms with van der Waals surface area (Å²) in [6, 6.07) is 81.3. The molecule has 2 aromatic heterocycles. The molecule has 0 N–H and O–H groups in total. The minimum atomic E-state index is -3.12. The lowest BCUT2D eigenvalue weighted by molar-refractivity contribution is 0.592. The number of aromatic nitrogens is 2. The van der Waals surface area contributed by atoms with Gasteiger partial charge in [-0.05, 0) is 78.4 Å². The molecule has 0 aliphatic carbocycles. The van der Waals surface area contributed by atoms with Gasteiger partial charge in [0.15, 0.2) is 7.14 Å². The Balaban J connectivity index is 1.10. The quantitative estimate of drug-likeness (QED) is 0.141. The lowest BCUT2D eigenvalue weighted by atomic mass is 10.1. The maximum absolute atomic E-state index is 15.2. The number of fused-ring (bicyclic) bond motifs is 7. The van der Waals surface area contributed by atoms with Gasteiger partial charge < -0.3 is 13.7 Å². The molecule has 0 atom stereocenters. The van der Waals surface area contributed by atoms with Crippen LogP contribution >= 0.6 is 15.1 Å². The maximum Gasteiger partial charge on any atom is 0.171 e. The van der Waals surface area contributed by atoms with E-state index < -0.39 is 15.1 Å². The summed E-state index contributed by atoms with van der Waals surface area (Å²) in [4.78, 5) is 0. The molecule has 0 aliphatic heterocycles. The van der Waals surface area contributed by atoms with Gasteiger partial charge in [-0.1, -0.05) is 176 Å². The molecular formula is C54H38N2OP2. The lowest BCUT2D eigenvalue weighted by Crippen LogP contribution is -2.24. The zero-order valence-electron chi connectivity index (χ0n) is 32.1. The minimum absolute atomic E-state index is 0.726. The van der Waals surface area contributed by atoms with Crippen molar-refractivity contribution in [3.05, 3.63) is 231 Å². The van der Waals surface area contributed by atoms with E-state index >= 15 is 4.57 Å². The highest BCUT2D eigenvalue weighted by Gasteiger charge is 2.30. The van der Waals surface area contributed by atoms with Crippen LogP contribution in [-0.4, -0.2) is 9.13 Å². The van der Waals surface area contributed by atoms with Gasteiger partial charge in [0.25, 0.3) is 0 Å². The molecule has 11 rings (SSSR count). The van der Waals surface area contributed by atoms with Crippen LogP contribution in [0.4, 0.5) is 0 Å². The van der Waals surface area contributed by atoms with Crippen molar-refractivity contribution in [2.75, 3.05) is 0 Å². The highest BCUT2D eigenvalue weighted by Crippen LogP contribution is 2.44. The molecule has 0 spiro atoms. The van der Waals surface area contributed by atoms with Crippen molar-refractivity contribution in [1.29, 1.82) is 0 Å². The van der Waals surface area contributed by atoms with Gasteiger partial charge in [-0.15, -0.1) is 0 Å². The van der Waals surface area contributed by atoms with Crippen molar-refractivity contribution in [2.45, 2.75) is 0 Å². The normalized spacial score (nSPS) is 11.9. The summed E-state index contributed by atoms with van der Waals surface area (Å²) in [5.41, 5.74) is 6.76. The number of hydrogen-bond donors (Lipinski definition) is 0. The minimum Gasteiger partial charge on any atom is -0.309 e. The summed E-state index contributed by atoms with van der Waals surface area (Å²) < 4.78 is 20.1. The fourth-order valence-corrected chi connectivity index (χ4v) is 13.9. The molecule has 0 amide bonds. The molecule has 0 bridgehead atoms. The number of rotatable bonds is 8. The first-order chi connectivity index (χ1) is 29.2. The largest absolute Gasteiger partial charge is 0.309 e. The first kappa shape index (κ1) is 35.4.